The fraction of sp³-hybridized carbons (Fsp3) is 0.381. The summed E-state index contributed by atoms with van der Waals surface area (Å²) in [6.45, 7) is 1.08. The van der Waals surface area contributed by atoms with Gasteiger partial charge in [-0.25, -0.2) is 4.79 Å². The molecule has 0 spiro atoms. The molecule has 0 heterocycles. The second-order valence-electron chi connectivity index (χ2n) is 6.49. The van der Waals surface area contributed by atoms with E-state index >= 15 is 0 Å². The predicted octanol–water partition coefficient (Wildman–Crippen LogP) is 2.85. The number of rotatable bonds is 9. The number of likely N-dealkylation sites (N-methyl/N-ethyl adjacent to an activating group) is 1. The van der Waals surface area contributed by atoms with E-state index in [0.29, 0.717) is 13.1 Å². The van der Waals surface area contributed by atoms with Gasteiger partial charge in [0.25, 0.3) is 0 Å². The molecule has 0 aliphatic rings. The van der Waals surface area contributed by atoms with E-state index in [1.807, 2.05) is 62.6 Å². The van der Waals surface area contributed by atoms with Crippen LogP contribution in [0.3, 0.4) is 0 Å². The molecule has 1 unspecified atom stereocenters. The summed E-state index contributed by atoms with van der Waals surface area (Å²) in [6, 6.07) is 15.7. The highest BCUT2D eigenvalue weighted by Crippen LogP contribution is 2.20. The Hall–Kier alpha value is -2.73. The first-order valence-corrected chi connectivity index (χ1v) is 8.98. The average molecular weight is 371 g/mol. The quantitative estimate of drug-likeness (QED) is 0.712. The molecule has 1 atom stereocenters. The van der Waals surface area contributed by atoms with Crippen molar-refractivity contribution in [1.29, 1.82) is 0 Å². The van der Waals surface area contributed by atoms with E-state index in [9.17, 15) is 4.79 Å². The normalized spacial score (nSPS) is 11.7. The Morgan fingerprint density at radius 1 is 1.00 bits per heavy atom. The minimum absolute atomic E-state index is 0.0834. The maximum atomic E-state index is 12.1. The van der Waals surface area contributed by atoms with Crippen LogP contribution in [0, 0.1) is 0 Å². The van der Waals surface area contributed by atoms with Crippen molar-refractivity contribution in [3.8, 4) is 11.5 Å². The van der Waals surface area contributed by atoms with Crippen molar-refractivity contribution in [2.45, 2.75) is 12.5 Å². The van der Waals surface area contributed by atoms with Gasteiger partial charge in [0.2, 0.25) is 0 Å². The third-order valence-electron chi connectivity index (χ3n) is 4.41. The van der Waals surface area contributed by atoms with Crippen molar-refractivity contribution >= 4 is 6.03 Å². The van der Waals surface area contributed by atoms with Gasteiger partial charge in [0.1, 0.15) is 11.5 Å². The number of nitrogens with one attached hydrogen (secondary N) is 2. The van der Waals surface area contributed by atoms with Crippen LogP contribution in [-0.4, -0.2) is 52.3 Å². The maximum Gasteiger partial charge on any atom is 0.314 e. The Morgan fingerprint density at radius 3 is 2.33 bits per heavy atom. The molecule has 0 saturated heterocycles. The standard InChI is InChI=1S/C21H29N3O3/c1-24(2)20(17-8-10-18(26-3)11-9-17)15-23-21(25)22-13-12-16-6-5-7-19(14-16)27-4/h5-11,14,20H,12-13,15H2,1-4H3,(H2,22,23,25). The van der Waals surface area contributed by atoms with Crippen molar-refractivity contribution < 1.29 is 14.3 Å². The van der Waals surface area contributed by atoms with Crippen LogP contribution in [0.2, 0.25) is 0 Å². The topological polar surface area (TPSA) is 62.8 Å². The van der Waals surface area contributed by atoms with E-state index in [-0.39, 0.29) is 12.1 Å². The van der Waals surface area contributed by atoms with Crippen LogP contribution < -0.4 is 20.1 Å². The molecule has 0 aliphatic carbocycles. The van der Waals surface area contributed by atoms with Crippen LogP contribution >= 0.6 is 0 Å². The molecule has 0 radical (unpaired) electrons. The highest BCUT2D eigenvalue weighted by molar-refractivity contribution is 5.73. The summed E-state index contributed by atoms with van der Waals surface area (Å²) in [5.41, 5.74) is 2.25. The molecule has 27 heavy (non-hydrogen) atoms. The zero-order chi connectivity index (χ0) is 19.6. The number of carbonyl (C=O) groups excluding carboxylic acids is 1. The summed E-state index contributed by atoms with van der Waals surface area (Å²) in [5, 5.41) is 5.86. The third kappa shape index (κ3) is 6.49. The van der Waals surface area contributed by atoms with Crippen LogP contribution in [0.4, 0.5) is 4.79 Å². The lowest BCUT2D eigenvalue weighted by Crippen LogP contribution is -2.41. The molecule has 146 valence electrons. The van der Waals surface area contributed by atoms with Gasteiger partial charge < -0.3 is 25.0 Å². The van der Waals surface area contributed by atoms with Gasteiger partial charge in [-0.1, -0.05) is 24.3 Å². The Morgan fingerprint density at radius 2 is 1.70 bits per heavy atom. The van der Waals surface area contributed by atoms with Crippen LogP contribution in [0.25, 0.3) is 0 Å². The van der Waals surface area contributed by atoms with Crippen molar-refractivity contribution in [3.05, 3.63) is 59.7 Å². The second-order valence-corrected chi connectivity index (χ2v) is 6.49. The van der Waals surface area contributed by atoms with Crippen molar-refractivity contribution in [1.82, 2.24) is 15.5 Å². The lowest BCUT2D eigenvalue weighted by molar-refractivity contribution is 0.233. The number of benzene rings is 2. The molecule has 0 aromatic heterocycles. The Balaban J connectivity index is 1.81. The molecule has 0 saturated carbocycles. The van der Waals surface area contributed by atoms with Gasteiger partial charge in [-0.15, -0.1) is 0 Å². The summed E-state index contributed by atoms with van der Waals surface area (Å²) in [6.07, 6.45) is 0.750. The van der Waals surface area contributed by atoms with Gasteiger partial charge in [0, 0.05) is 13.1 Å². The van der Waals surface area contributed by atoms with Crippen molar-refractivity contribution in [2.24, 2.45) is 0 Å². The van der Waals surface area contributed by atoms with Gasteiger partial charge >= 0.3 is 6.03 Å². The first-order chi connectivity index (χ1) is 13.0. The van der Waals surface area contributed by atoms with Crippen LogP contribution in [-0.2, 0) is 6.42 Å². The lowest BCUT2D eigenvalue weighted by Gasteiger charge is -2.25. The number of hydrogen-bond donors (Lipinski definition) is 2. The molecule has 0 fully saturated rings. The van der Waals surface area contributed by atoms with Gasteiger partial charge in [-0.3, -0.25) is 0 Å². The first kappa shape index (κ1) is 20.6. The van der Waals surface area contributed by atoms with E-state index in [1.165, 1.54) is 0 Å². The summed E-state index contributed by atoms with van der Waals surface area (Å²) in [7, 11) is 7.29. The van der Waals surface area contributed by atoms with Crippen molar-refractivity contribution in [2.75, 3.05) is 41.4 Å². The molecule has 2 aromatic rings. The zero-order valence-corrected chi connectivity index (χ0v) is 16.5. The Bertz CT molecular complexity index is 717. The molecule has 2 aromatic carbocycles. The number of nitrogens with zero attached hydrogens (tertiary/aromatic N) is 1. The molecular weight excluding hydrogens is 342 g/mol. The third-order valence-corrected chi connectivity index (χ3v) is 4.41. The molecule has 2 N–H and O–H groups in total. The fourth-order valence-corrected chi connectivity index (χ4v) is 2.82. The lowest BCUT2D eigenvalue weighted by atomic mass is 10.1. The van der Waals surface area contributed by atoms with Crippen LogP contribution in [0.5, 0.6) is 11.5 Å². The van der Waals surface area contributed by atoms with Gasteiger partial charge in [-0.2, -0.15) is 0 Å². The number of amides is 2. The number of carbonyl (C=O) groups is 1. The predicted molar refractivity (Wildman–Crippen MR) is 108 cm³/mol. The average Bonchev–Trinajstić information content (AvgIpc) is 2.68. The molecule has 0 aliphatic heterocycles. The largest absolute Gasteiger partial charge is 0.497 e. The van der Waals surface area contributed by atoms with Gasteiger partial charge in [-0.05, 0) is 55.9 Å². The van der Waals surface area contributed by atoms with Gasteiger partial charge in [0.05, 0.1) is 20.3 Å². The van der Waals surface area contributed by atoms with Crippen LogP contribution in [0.1, 0.15) is 17.2 Å². The number of ether oxygens (including phenoxy) is 2. The van der Waals surface area contributed by atoms with E-state index in [1.54, 1.807) is 14.2 Å². The maximum absolute atomic E-state index is 12.1. The summed E-state index contributed by atoms with van der Waals surface area (Å²) in [5.74, 6) is 1.64. The number of urea groups is 1. The minimum Gasteiger partial charge on any atom is -0.497 e. The zero-order valence-electron chi connectivity index (χ0n) is 16.5. The Labute approximate surface area is 161 Å². The summed E-state index contributed by atoms with van der Waals surface area (Å²) >= 11 is 0. The van der Waals surface area contributed by atoms with E-state index in [0.717, 1.165) is 29.0 Å². The molecule has 2 rings (SSSR count). The molecule has 6 nitrogen and oxygen atoms in total. The van der Waals surface area contributed by atoms with Crippen molar-refractivity contribution in [3.63, 3.8) is 0 Å². The summed E-state index contributed by atoms with van der Waals surface area (Å²) < 4.78 is 10.4. The van der Waals surface area contributed by atoms with Crippen LogP contribution in [0.15, 0.2) is 48.5 Å². The highest BCUT2D eigenvalue weighted by atomic mass is 16.5. The fourth-order valence-electron chi connectivity index (χ4n) is 2.82. The smallest absolute Gasteiger partial charge is 0.314 e. The second kappa shape index (κ2) is 10.4. The van der Waals surface area contributed by atoms with Gasteiger partial charge in [0.15, 0.2) is 0 Å². The first-order valence-electron chi connectivity index (χ1n) is 8.98. The van der Waals surface area contributed by atoms with E-state index in [4.69, 9.17) is 9.47 Å². The number of hydrogen-bond acceptors (Lipinski definition) is 4. The minimum atomic E-state index is -0.168. The molecule has 0 bridgehead atoms. The molecular formula is C21H29N3O3. The highest BCUT2D eigenvalue weighted by Gasteiger charge is 2.15. The SMILES string of the molecule is COc1ccc(C(CNC(=O)NCCc2cccc(OC)c2)N(C)C)cc1. The van der Waals surface area contributed by atoms with E-state index in [2.05, 4.69) is 15.5 Å². The molecule has 2 amide bonds. The Kier molecular flexibility index (Phi) is 7.95. The number of methoxy groups -OCH3 is 2. The van der Waals surface area contributed by atoms with E-state index < -0.39 is 0 Å². The monoisotopic (exact) mass is 371 g/mol. The molecule has 6 heteroatoms. The summed E-state index contributed by atoms with van der Waals surface area (Å²) in [4.78, 5) is 14.2.